The average molecular weight is 334 g/mol. The first-order valence-electron chi connectivity index (χ1n) is 8.74. The van der Waals surface area contributed by atoms with E-state index in [0.29, 0.717) is 17.0 Å². The van der Waals surface area contributed by atoms with E-state index in [2.05, 4.69) is 6.07 Å². The van der Waals surface area contributed by atoms with Crippen molar-refractivity contribution in [3.63, 3.8) is 0 Å². The lowest BCUT2D eigenvalue weighted by atomic mass is 9.85. The van der Waals surface area contributed by atoms with Crippen LogP contribution in [0.1, 0.15) is 53.1 Å². The Morgan fingerprint density at radius 3 is 2.16 bits per heavy atom. The predicted octanol–water partition coefficient (Wildman–Crippen LogP) is 4.25. The molecule has 0 spiro atoms. The number of carbonyl (C=O) groups excluding carboxylic acids is 1. The number of halogens is 1. The van der Waals surface area contributed by atoms with Crippen molar-refractivity contribution in [1.29, 1.82) is 5.26 Å². The minimum absolute atomic E-state index is 0.0644. The van der Waals surface area contributed by atoms with Gasteiger partial charge >= 0.3 is 0 Å². The Bertz CT molecular complexity index is 808. The van der Waals surface area contributed by atoms with E-state index in [-0.39, 0.29) is 23.8 Å². The Kier molecular flexibility index (Phi) is 4.01. The molecule has 2 fully saturated rings. The van der Waals surface area contributed by atoms with Crippen LogP contribution < -0.4 is 0 Å². The molecule has 2 aliphatic rings. The summed E-state index contributed by atoms with van der Waals surface area (Å²) in [6.45, 7) is 0. The Morgan fingerprint density at radius 2 is 1.60 bits per heavy atom. The van der Waals surface area contributed by atoms with E-state index in [4.69, 9.17) is 5.26 Å². The number of hydrogen-bond acceptors (Lipinski definition) is 2. The van der Waals surface area contributed by atoms with Crippen molar-refractivity contribution in [2.75, 3.05) is 0 Å². The maximum absolute atomic E-state index is 13.2. The van der Waals surface area contributed by atoms with E-state index in [1.54, 1.807) is 24.3 Å². The second-order valence-corrected chi connectivity index (χ2v) is 7.01. The van der Waals surface area contributed by atoms with Crippen molar-refractivity contribution in [2.24, 2.45) is 0 Å². The van der Waals surface area contributed by atoms with E-state index in [0.717, 1.165) is 25.7 Å². The van der Waals surface area contributed by atoms with Crippen molar-refractivity contribution in [1.82, 2.24) is 4.90 Å². The molecule has 0 saturated carbocycles. The SMILES string of the molecule is N#Cc1ccc(C(=O)N2C3CCC2CC(c2ccc(F)cc2)C3)cc1. The lowest BCUT2D eigenvalue weighted by Crippen LogP contribution is -2.46. The molecule has 2 saturated heterocycles. The number of benzene rings is 2. The van der Waals surface area contributed by atoms with Gasteiger partial charge in [0, 0.05) is 17.6 Å². The van der Waals surface area contributed by atoms with Crippen LogP contribution in [0.3, 0.4) is 0 Å². The van der Waals surface area contributed by atoms with Gasteiger partial charge in [0.2, 0.25) is 0 Å². The van der Waals surface area contributed by atoms with Gasteiger partial charge in [-0.25, -0.2) is 4.39 Å². The summed E-state index contributed by atoms with van der Waals surface area (Å²) in [4.78, 5) is 15.0. The fourth-order valence-corrected chi connectivity index (χ4v) is 4.35. The molecule has 4 rings (SSSR count). The molecule has 2 unspecified atom stereocenters. The number of fused-ring (bicyclic) bond motifs is 2. The Balaban J connectivity index is 1.53. The molecule has 3 nitrogen and oxygen atoms in total. The lowest BCUT2D eigenvalue weighted by Gasteiger charge is -2.39. The first-order valence-corrected chi connectivity index (χ1v) is 8.74. The number of nitriles is 1. The van der Waals surface area contributed by atoms with Gasteiger partial charge in [0.1, 0.15) is 5.82 Å². The monoisotopic (exact) mass is 334 g/mol. The summed E-state index contributed by atoms with van der Waals surface area (Å²) in [6.07, 6.45) is 3.93. The largest absolute Gasteiger partial charge is 0.333 e. The Hall–Kier alpha value is -2.67. The first kappa shape index (κ1) is 15.8. The average Bonchev–Trinajstić information content (AvgIpc) is 2.91. The Labute approximate surface area is 146 Å². The molecule has 0 aromatic heterocycles. The minimum Gasteiger partial charge on any atom is -0.333 e. The van der Waals surface area contributed by atoms with Gasteiger partial charge in [-0.15, -0.1) is 0 Å². The van der Waals surface area contributed by atoms with Crippen molar-refractivity contribution in [3.05, 3.63) is 71.0 Å². The fourth-order valence-electron chi connectivity index (χ4n) is 4.35. The summed E-state index contributed by atoms with van der Waals surface area (Å²) in [5.74, 6) is 0.248. The smallest absolute Gasteiger partial charge is 0.254 e. The summed E-state index contributed by atoms with van der Waals surface area (Å²) in [7, 11) is 0. The van der Waals surface area contributed by atoms with Gasteiger partial charge in [0.25, 0.3) is 5.91 Å². The van der Waals surface area contributed by atoms with Gasteiger partial charge in [-0.05, 0) is 73.6 Å². The standard InChI is InChI=1S/C21H19FN2O/c22-18-7-5-15(6-8-18)17-11-19-9-10-20(12-17)24(19)21(25)16-3-1-14(13-23)2-4-16/h1-8,17,19-20H,9-12H2. The molecule has 2 aromatic carbocycles. The predicted molar refractivity (Wildman–Crippen MR) is 92.5 cm³/mol. The van der Waals surface area contributed by atoms with Gasteiger partial charge < -0.3 is 4.90 Å². The highest BCUT2D eigenvalue weighted by Crippen LogP contribution is 2.43. The number of piperidine rings is 1. The van der Waals surface area contributed by atoms with Gasteiger partial charge in [-0.3, -0.25) is 4.79 Å². The summed E-state index contributed by atoms with van der Waals surface area (Å²) >= 11 is 0. The zero-order chi connectivity index (χ0) is 17.4. The molecular formula is C21H19FN2O. The van der Waals surface area contributed by atoms with Crippen LogP contribution in [0.15, 0.2) is 48.5 Å². The van der Waals surface area contributed by atoms with Gasteiger partial charge in [0.05, 0.1) is 11.6 Å². The number of hydrogen-bond donors (Lipinski definition) is 0. The third-order valence-corrected chi connectivity index (χ3v) is 5.57. The second-order valence-electron chi connectivity index (χ2n) is 7.01. The van der Waals surface area contributed by atoms with Crippen LogP contribution in [0.4, 0.5) is 4.39 Å². The molecule has 4 heteroatoms. The zero-order valence-electron chi connectivity index (χ0n) is 13.9. The summed E-state index contributed by atoms with van der Waals surface area (Å²) in [5.41, 5.74) is 2.38. The lowest BCUT2D eigenvalue weighted by molar-refractivity contribution is 0.0571. The van der Waals surface area contributed by atoms with Crippen molar-refractivity contribution < 1.29 is 9.18 Å². The quantitative estimate of drug-likeness (QED) is 0.824. The van der Waals surface area contributed by atoms with Gasteiger partial charge in [-0.1, -0.05) is 12.1 Å². The van der Waals surface area contributed by atoms with Gasteiger partial charge in [-0.2, -0.15) is 5.26 Å². The van der Waals surface area contributed by atoms with E-state index in [1.165, 1.54) is 17.7 Å². The van der Waals surface area contributed by atoms with E-state index in [1.807, 2.05) is 17.0 Å². The number of rotatable bonds is 2. The molecule has 1 amide bonds. The highest BCUT2D eigenvalue weighted by Gasteiger charge is 2.43. The van der Waals surface area contributed by atoms with Crippen LogP contribution in [0.25, 0.3) is 0 Å². The van der Waals surface area contributed by atoms with Crippen LogP contribution >= 0.6 is 0 Å². The summed E-state index contributed by atoms with van der Waals surface area (Å²) < 4.78 is 13.2. The molecule has 0 N–H and O–H groups in total. The molecule has 0 radical (unpaired) electrons. The number of carbonyl (C=O) groups is 1. The third-order valence-electron chi connectivity index (χ3n) is 5.57. The maximum atomic E-state index is 13.2. The second kappa shape index (κ2) is 6.33. The summed E-state index contributed by atoms with van der Waals surface area (Å²) in [5, 5.41) is 8.90. The minimum atomic E-state index is -0.208. The maximum Gasteiger partial charge on any atom is 0.254 e. The molecule has 2 bridgehead atoms. The molecule has 2 aromatic rings. The molecule has 25 heavy (non-hydrogen) atoms. The van der Waals surface area contributed by atoms with E-state index >= 15 is 0 Å². The Morgan fingerprint density at radius 1 is 1.00 bits per heavy atom. The van der Waals surface area contributed by atoms with Gasteiger partial charge in [0.15, 0.2) is 0 Å². The first-order chi connectivity index (χ1) is 12.2. The van der Waals surface area contributed by atoms with E-state index < -0.39 is 0 Å². The van der Waals surface area contributed by atoms with Crippen molar-refractivity contribution in [3.8, 4) is 6.07 Å². The van der Waals surface area contributed by atoms with Crippen molar-refractivity contribution in [2.45, 2.75) is 43.7 Å². The molecule has 2 heterocycles. The van der Waals surface area contributed by atoms with Crippen LogP contribution in [-0.2, 0) is 0 Å². The van der Waals surface area contributed by atoms with Crippen LogP contribution in [0, 0.1) is 17.1 Å². The molecule has 2 aliphatic heterocycles. The zero-order valence-corrected chi connectivity index (χ0v) is 13.9. The highest BCUT2D eigenvalue weighted by atomic mass is 19.1. The van der Waals surface area contributed by atoms with E-state index in [9.17, 15) is 9.18 Å². The molecule has 126 valence electrons. The highest BCUT2D eigenvalue weighted by molar-refractivity contribution is 5.95. The van der Waals surface area contributed by atoms with Crippen LogP contribution in [-0.4, -0.2) is 22.9 Å². The molecule has 2 atom stereocenters. The number of nitrogens with zero attached hydrogens (tertiary/aromatic N) is 2. The fraction of sp³-hybridized carbons (Fsp3) is 0.333. The normalized spacial score (nSPS) is 24.8. The van der Waals surface area contributed by atoms with Crippen molar-refractivity contribution >= 4 is 5.91 Å². The molecule has 0 aliphatic carbocycles. The van der Waals surface area contributed by atoms with Crippen LogP contribution in [0.2, 0.25) is 0 Å². The van der Waals surface area contributed by atoms with Crippen LogP contribution in [0.5, 0.6) is 0 Å². The number of amides is 1. The molecular weight excluding hydrogens is 315 g/mol. The third kappa shape index (κ3) is 2.91. The topological polar surface area (TPSA) is 44.1 Å². The summed E-state index contributed by atoms with van der Waals surface area (Å²) in [6, 6.07) is 16.2.